The first-order valence-electron chi connectivity index (χ1n) is 7.22. The van der Waals surface area contributed by atoms with E-state index < -0.39 is 0 Å². The first-order valence-corrected chi connectivity index (χ1v) is 7.22. The lowest BCUT2D eigenvalue weighted by Gasteiger charge is -2.17. The second-order valence-electron chi connectivity index (χ2n) is 5.66. The number of rotatable bonds is 6. The predicted octanol–water partition coefficient (Wildman–Crippen LogP) is 2.67. The van der Waals surface area contributed by atoms with Crippen molar-refractivity contribution in [2.24, 2.45) is 17.8 Å². The van der Waals surface area contributed by atoms with Gasteiger partial charge in [0, 0.05) is 12.5 Å². The summed E-state index contributed by atoms with van der Waals surface area (Å²) in [6.45, 7) is 10.5. The van der Waals surface area contributed by atoms with Gasteiger partial charge in [-0.2, -0.15) is 0 Å². The molecule has 3 unspecified atom stereocenters. The van der Waals surface area contributed by atoms with Gasteiger partial charge in [-0.25, -0.2) is 0 Å². The Bertz CT molecular complexity index is 360. The van der Waals surface area contributed by atoms with Crippen molar-refractivity contribution >= 4 is 5.91 Å². The van der Waals surface area contributed by atoms with E-state index in [0.717, 1.165) is 24.8 Å². The fraction of sp³-hybridized carbons (Fsp3) is 0.688. The van der Waals surface area contributed by atoms with Crippen LogP contribution in [0.5, 0.6) is 0 Å². The van der Waals surface area contributed by atoms with Crippen molar-refractivity contribution in [3.63, 3.8) is 0 Å². The summed E-state index contributed by atoms with van der Waals surface area (Å²) in [5.74, 6) is 1.07. The number of hydrogen-bond acceptors (Lipinski definition) is 2. The number of hydrogen-bond donors (Lipinski definition) is 2. The summed E-state index contributed by atoms with van der Waals surface area (Å²) in [5, 5.41) is 11.6. The molecule has 0 aromatic rings. The Morgan fingerprint density at radius 1 is 1.42 bits per heavy atom. The summed E-state index contributed by atoms with van der Waals surface area (Å²) in [6.07, 6.45) is 5.37. The fourth-order valence-electron chi connectivity index (χ4n) is 2.77. The third-order valence-electron chi connectivity index (χ3n) is 4.17. The number of carbonyl (C=O) groups excluding carboxylic acids is 1. The number of allylic oxidation sites excluding steroid dienone is 3. The van der Waals surface area contributed by atoms with Crippen molar-refractivity contribution in [1.82, 2.24) is 5.32 Å². The van der Waals surface area contributed by atoms with Crippen LogP contribution in [0.2, 0.25) is 0 Å². The normalized spacial score (nSPS) is 27.4. The summed E-state index contributed by atoms with van der Waals surface area (Å²) in [6, 6.07) is 0. The van der Waals surface area contributed by atoms with Gasteiger partial charge in [-0.1, -0.05) is 37.1 Å². The van der Waals surface area contributed by atoms with Crippen LogP contribution in [0.3, 0.4) is 0 Å². The summed E-state index contributed by atoms with van der Waals surface area (Å²) >= 11 is 0. The van der Waals surface area contributed by atoms with E-state index in [2.05, 4.69) is 31.8 Å². The molecule has 1 saturated carbocycles. The Morgan fingerprint density at radius 3 is 2.63 bits per heavy atom. The van der Waals surface area contributed by atoms with Crippen LogP contribution in [0.25, 0.3) is 0 Å². The zero-order chi connectivity index (χ0) is 14.4. The van der Waals surface area contributed by atoms with Gasteiger partial charge in [0.15, 0.2) is 0 Å². The Hall–Kier alpha value is -1.09. The van der Waals surface area contributed by atoms with Crippen LogP contribution in [-0.2, 0) is 4.79 Å². The molecular formula is C16H27NO2. The van der Waals surface area contributed by atoms with Crippen molar-refractivity contribution in [2.45, 2.75) is 40.0 Å². The smallest absolute Gasteiger partial charge is 0.223 e. The van der Waals surface area contributed by atoms with Crippen molar-refractivity contribution < 1.29 is 9.90 Å². The quantitative estimate of drug-likeness (QED) is 0.725. The van der Waals surface area contributed by atoms with Gasteiger partial charge in [-0.05, 0) is 38.5 Å². The topological polar surface area (TPSA) is 49.3 Å². The van der Waals surface area contributed by atoms with Crippen LogP contribution in [-0.4, -0.2) is 24.2 Å². The molecule has 3 atom stereocenters. The predicted molar refractivity (Wildman–Crippen MR) is 78.7 cm³/mol. The highest BCUT2D eigenvalue weighted by molar-refractivity contribution is 5.79. The van der Waals surface area contributed by atoms with Crippen LogP contribution in [0.4, 0.5) is 0 Å². The van der Waals surface area contributed by atoms with Gasteiger partial charge >= 0.3 is 0 Å². The molecule has 0 aromatic heterocycles. The van der Waals surface area contributed by atoms with Crippen LogP contribution in [0, 0.1) is 17.8 Å². The monoisotopic (exact) mass is 265 g/mol. The Labute approximate surface area is 116 Å². The Balaban J connectivity index is 2.77. The molecule has 3 nitrogen and oxygen atoms in total. The van der Waals surface area contributed by atoms with Crippen molar-refractivity contribution in [3.05, 3.63) is 23.8 Å². The number of nitrogens with one attached hydrogen (secondary N) is 1. The van der Waals surface area contributed by atoms with Gasteiger partial charge in [0.1, 0.15) is 0 Å². The molecule has 0 radical (unpaired) electrons. The second kappa shape index (κ2) is 7.49. The van der Waals surface area contributed by atoms with E-state index in [-0.39, 0.29) is 18.4 Å². The molecule has 1 aliphatic rings. The van der Waals surface area contributed by atoms with Gasteiger partial charge in [0.05, 0.1) is 6.61 Å². The molecule has 1 amide bonds. The molecule has 3 heteroatoms. The Morgan fingerprint density at radius 2 is 2.11 bits per heavy atom. The van der Waals surface area contributed by atoms with Crippen molar-refractivity contribution in [2.75, 3.05) is 13.2 Å². The maximum Gasteiger partial charge on any atom is 0.223 e. The zero-order valence-corrected chi connectivity index (χ0v) is 12.4. The van der Waals surface area contributed by atoms with Crippen LogP contribution in [0.1, 0.15) is 40.0 Å². The van der Waals surface area contributed by atoms with Gasteiger partial charge in [0.2, 0.25) is 5.91 Å². The molecule has 1 fully saturated rings. The first kappa shape index (κ1) is 16.0. The van der Waals surface area contributed by atoms with Crippen molar-refractivity contribution in [1.29, 1.82) is 0 Å². The van der Waals surface area contributed by atoms with Gasteiger partial charge in [-0.15, -0.1) is 0 Å². The fourth-order valence-corrected chi connectivity index (χ4v) is 2.77. The number of amides is 1. The van der Waals surface area contributed by atoms with E-state index in [1.807, 2.05) is 6.92 Å². The maximum absolute atomic E-state index is 12.2. The Kier molecular flexibility index (Phi) is 6.29. The van der Waals surface area contributed by atoms with Crippen molar-refractivity contribution in [3.8, 4) is 0 Å². The molecule has 19 heavy (non-hydrogen) atoms. The third kappa shape index (κ3) is 4.50. The van der Waals surface area contributed by atoms with E-state index in [0.29, 0.717) is 18.4 Å². The zero-order valence-electron chi connectivity index (χ0n) is 12.4. The average molecular weight is 265 g/mol. The SMILES string of the molecule is C=C(C)C(C)=CC1CC(CC)CC1C(=O)NCCO. The molecule has 0 heterocycles. The molecule has 0 bridgehead atoms. The molecule has 108 valence electrons. The third-order valence-corrected chi connectivity index (χ3v) is 4.17. The molecule has 1 rings (SSSR count). The largest absolute Gasteiger partial charge is 0.395 e. The number of aliphatic hydroxyl groups excluding tert-OH is 1. The highest BCUT2D eigenvalue weighted by atomic mass is 16.3. The standard InChI is InChI=1S/C16H27NO2/c1-5-13-9-14(8-12(4)11(2)3)15(10-13)16(19)17-6-7-18/h8,13-15,18H,2,5-7,9-10H2,1,3-4H3,(H,17,19). The molecule has 0 spiro atoms. The van der Waals surface area contributed by atoms with E-state index in [9.17, 15) is 4.79 Å². The molecule has 1 aliphatic carbocycles. The average Bonchev–Trinajstić information content (AvgIpc) is 2.78. The minimum absolute atomic E-state index is 0.000958. The first-order chi connectivity index (χ1) is 8.99. The number of aliphatic hydroxyl groups is 1. The van der Waals surface area contributed by atoms with Gasteiger partial charge < -0.3 is 10.4 Å². The molecule has 0 aromatic carbocycles. The van der Waals surface area contributed by atoms with Crippen LogP contribution < -0.4 is 5.32 Å². The van der Waals surface area contributed by atoms with Crippen LogP contribution >= 0.6 is 0 Å². The van der Waals surface area contributed by atoms with Crippen LogP contribution in [0.15, 0.2) is 23.8 Å². The highest BCUT2D eigenvalue weighted by Gasteiger charge is 2.36. The maximum atomic E-state index is 12.2. The number of carbonyl (C=O) groups is 1. The minimum Gasteiger partial charge on any atom is -0.395 e. The molecule has 2 N–H and O–H groups in total. The van der Waals surface area contributed by atoms with E-state index >= 15 is 0 Å². The van der Waals surface area contributed by atoms with Gasteiger partial charge in [0.25, 0.3) is 0 Å². The molecular weight excluding hydrogens is 238 g/mol. The summed E-state index contributed by atoms with van der Waals surface area (Å²) < 4.78 is 0. The van der Waals surface area contributed by atoms with Gasteiger partial charge in [-0.3, -0.25) is 4.79 Å². The van der Waals surface area contributed by atoms with E-state index in [1.165, 1.54) is 5.57 Å². The second-order valence-corrected chi connectivity index (χ2v) is 5.66. The van der Waals surface area contributed by atoms with E-state index in [4.69, 9.17) is 5.11 Å². The summed E-state index contributed by atoms with van der Waals surface area (Å²) in [7, 11) is 0. The molecule has 0 aliphatic heterocycles. The molecule has 0 saturated heterocycles. The highest BCUT2D eigenvalue weighted by Crippen LogP contribution is 2.40. The lowest BCUT2D eigenvalue weighted by molar-refractivity contribution is -0.125. The summed E-state index contributed by atoms with van der Waals surface area (Å²) in [5.41, 5.74) is 2.25. The summed E-state index contributed by atoms with van der Waals surface area (Å²) in [4.78, 5) is 12.2. The minimum atomic E-state index is 0.000958. The lowest BCUT2D eigenvalue weighted by Crippen LogP contribution is -2.34. The lowest BCUT2D eigenvalue weighted by atomic mass is 9.92. The van der Waals surface area contributed by atoms with E-state index in [1.54, 1.807) is 0 Å².